The van der Waals surface area contributed by atoms with Gasteiger partial charge in [0.2, 0.25) is 0 Å². The van der Waals surface area contributed by atoms with Gasteiger partial charge in [-0.15, -0.1) is 0 Å². The van der Waals surface area contributed by atoms with Crippen LogP contribution in [-0.4, -0.2) is 36.2 Å². The standard InChI is InChI=1S/C14H19NO3/c1-18-12-8-4-3-7-11(12)13(14(16)17)15-9-5-2-6-10-15/h3-4,7-8,13H,2,5-6,9-10H2,1H3,(H,16,17). The van der Waals surface area contributed by atoms with E-state index in [4.69, 9.17) is 4.74 Å². The smallest absolute Gasteiger partial charge is 0.325 e. The van der Waals surface area contributed by atoms with Gasteiger partial charge in [-0.05, 0) is 32.0 Å². The molecule has 1 atom stereocenters. The fourth-order valence-electron chi connectivity index (χ4n) is 2.55. The molecule has 4 heteroatoms. The minimum atomic E-state index is -0.804. The third-order valence-electron chi connectivity index (χ3n) is 3.42. The molecule has 0 saturated carbocycles. The first kappa shape index (κ1) is 12.9. The van der Waals surface area contributed by atoms with Gasteiger partial charge < -0.3 is 9.84 Å². The van der Waals surface area contributed by atoms with Crippen molar-refractivity contribution >= 4 is 5.97 Å². The van der Waals surface area contributed by atoms with Gasteiger partial charge in [0, 0.05) is 5.56 Å². The second-order valence-electron chi connectivity index (χ2n) is 4.58. The number of para-hydroxylation sites is 1. The van der Waals surface area contributed by atoms with Crippen LogP contribution >= 0.6 is 0 Å². The lowest BCUT2D eigenvalue weighted by Gasteiger charge is -2.32. The third-order valence-corrected chi connectivity index (χ3v) is 3.42. The molecule has 1 aliphatic heterocycles. The second-order valence-corrected chi connectivity index (χ2v) is 4.58. The molecule has 1 aromatic carbocycles. The summed E-state index contributed by atoms with van der Waals surface area (Å²) in [5, 5.41) is 9.50. The molecule has 1 unspecified atom stereocenters. The van der Waals surface area contributed by atoms with Crippen LogP contribution < -0.4 is 4.74 Å². The molecular formula is C14H19NO3. The van der Waals surface area contributed by atoms with E-state index in [1.165, 1.54) is 6.42 Å². The highest BCUT2D eigenvalue weighted by Crippen LogP contribution is 2.31. The topological polar surface area (TPSA) is 49.8 Å². The zero-order valence-electron chi connectivity index (χ0n) is 10.6. The van der Waals surface area contributed by atoms with E-state index in [2.05, 4.69) is 0 Å². The maximum absolute atomic E-state index is 11.6. The van der Waals surface area contributed by atoms with E-state index in [0.717, 1.165) is 31.5 Å². The minimum absolute atomic E-state index is 0.596. The maximum atomic E-state index is 11.6. The van der Waals surface area contributed by atoms with E-state index in [-0.39, 0.29) is 0 Å². The van der Waals surface area contributed by atoms with Crippen molar-refractivity contribution in [3.05, 3.63) is 29.8 Å². The van der Waals surface area contributed by atoms with Crippen LogP contribution in [0, 0.1) is 0 Å². The average Bonchev–Trinajstić information content (AvgIpc) is 2.40. The van der Waals surface area contributed by atoms with Crippen molar-refractivity contribution in [3.63, 3.8) is 0 Å². The third kappa shape index (κ3) is 2.64. The van der Waals surface area contributed by atoms with Gasteiger partial charge in [-0.3, -0.25) is 9.69 Å². The van der Waals surface area contributed by atoms with Crippen LogP contribution in [0.4, 0.5) is 0 Å². The quantitative estimate of drug-likeness (QED) is 0.889. The Labute approximate surface area is 107 Å². The van der Waals surface area contributed by atoms with Crippen molar-refractivity contribution in [1.29, 1.82) is 0 Å². The van der Waals surface area contributed by atoms with Crippen molar-refractivity contribution in [3.8, 4) is 5.75 Å². The first-order valence-electron chi connectivity index (χ1n) is 6.34. The normalized spacial score (nSPS) is 18.3. The molecule has 1 heterocycles. The van der Waals surface area contributed by atoms with E-state index in [1.54, 1.807) is 7.11 Å². The van der Waals surface area contributed by atoms with Crippen LogP contribution in [-0.2, 0) is 4.79 Å². The second kappa shape index (κ2) is 5.87. The van der Waals surface area contributed by atoms with Crippen molar-refractivity contribution in [2.45, 2.75) is 25.3 Å². The SMILES string of the molecule is COc1ccccc1C(C(=O)O)N1CCCCC1. The molecule has 0 bridgehead atoms. The Morgan fingerprint density at radius 1 is 1.28 bits per heavy atom. The van der Waals surface area contributed by atoms with Gasteiger partial charge in [0.25, 0.3) is 0 Å². The molecule has 98 valence electrons. The summed E-state index contributed by atoms with van der Waals surface area (Å²) in [6.07, 6.45) is 3.33. The molecule has 0 aliphatic carbocycles. The Kier molecular flexibility index (Phi) is 4.20. The summed E-state index contributed by atoms with van der Waals surface area (Å²) in [5.41, 5.74) is 0.745. The van der Waals surface area contributed by atoms with Crippen molar-refractivity contribution in [1.82, 2.24) is 4.90 Å². The zero-order valence-corrected chi connectivity index (χ0v) is 10.6. The number of hydrogen-bond acceptors (Lipinski definition) is 3. The number of aliphatic carboxylic acids is 1. The lowest BCUT2D eigenvalue weighted by molar-refractivity contribution is -0.144. The van der Waals surface area contributed by atoms with Crippen LogP contribution in [0.25, 0.3) is 0 Å². The highest BCUT2D eigenvalue weighted by atomic mass is 16.5. The molecule has 1 saturated heterocycles. The van der Waals surface area contributed by atoms with Gasteiger partial charge in [0.15, 0.2) is 0 Å². The molecule has 0 radical (unpaired) electrons. The van der Waals surface area contributed by atoms with Crippen molar-refractivity contribution in [2.75, 3.05) is 20.2 Å². The van der Waals surface area contributed by atoms with E-state index in [0.29, 0.717) is 5.75 Å². The van der Waals surface area contributed by atoms with Crippen LogP contribution in [0.15, 0.2) is 24.3 Å². The molecule has 0 amide bonds. The molecule has 4 nitrogen and oxygen atoms in total. The molecule has 18 heavy (non-hydrogen) atoms. The van der Waals surface area contributed by atoms with Crippen LogP contribution in [0.1, 0.15) is 30.9 Å². The summed E-state index contributed by atoms with van der Waals surface area (Å²) in [7, 11) is 1.58. The Balaban J connectivity index is 2.31. The predicted octanol–water partition coefficient (Wildman–Crippen LogP) is 2.31. The van der Waals surface area contributed by atoms with Gasteiger partial charge in [-0.1, -0.05) is 24.6 Å². The van der Waals surface area contributed by atoms with E-state index < -0.39 is 12.0 Å². The molecule has 1 aromatic rings. The largest absolute Gasteiger partial charge is 0.496 e. The number of benzene rings is 1. The predicted molar refractivity (Wildman–Crippen MR) is 68.8 cm³/mol. The lowest BCUT2D eigenvalue weighted by atomic mass is 10.0. The monoisotopic (exact) mass is 249 g/mol. The van der Waals surface area contributed by atoms with Gasteiger partial charge in [0.1, 0.15) is 11.8 Å². The molecule has 1 N–H and O–H groups in total. The van der Waals surface area contributed by atoms with E-state index in [1.807, 2.05) is 29.2 Å². The zero-order chi connectivity index (χ0) is 13.0. The lowest BCUT2D eigenvalue weighted by Crippen LogP contribution is -2.38. The molecule has 2 rings (SSSR count). The van der Waals surface area contributed by atoms with Crippen molar-refractivity contribution in [2.24, 2.45) is 0 Å². The fraction of sp³-hybridized carbons (Fsp3) is 0.500. The van der Waals surface area contributed by atoms with Gasteiger partial charge in [-0.2, -0.15) is 0 Å². The number of methoxy groups -OCH3 is 1. The maximum Gasteiger partial charge on any atom is 0.325 e. The van der Waals surface area contributed by atoms with Gasteiger partial charge in [0.05, 0.1) is 7.11 Å². The first-order chi connectivity index (χ1) is 8.74. The Hall–Kier alpha value is -1.55. The van der Waals surface area contributed by atoms with Crippen LogP contribution in [0.3, 0.4) is 0 Å². The van der Waals surface area contributed by atoms with Gasteiger partial charge >= 0.3 is 5.97 Å². The number of carboxylic acid groups (broad SMARTS) is 1. The van der Waals surface area contributed by atoms with Crippen molar-refractivity contribution < 1.29 is 14.6 Å². The number of hydrogen-bond donors (Lipinski definition) is 1. The summed E-state index contributed by atoms with van der Waals surface area (Å²) < 4.78 is 5.28. The molecule has 1 aliphatic rings. The number of rotatable bonds is 4. The molecule has 1 fully saturated rings. The highest BCUT2D eigenvalue weighted by molar-refractivity contribution is 5.76. The Bertz CT molecular complexity index is 413. The first-order valence-corrected chi connectivity index (χ1v) is 6.34. The summed E-state index contributed by atoms with van der Waals surface area (Å²) >= 11 is 0. The fourth-order valence-corrected chi connectivity index (χ4v) is 2.55. The van der Waals surface area contributed by atoms with E-state index >= 15 is 0 Å². The highest BCUT2D eigenvalue weighted by Gasteiger charge is 2.30. The minimum Gasteiger partial charge on any atom is -0.496 e. The van der Waals surface area contributed by atoms with Crippen LogP contribution in [0.2, 0.25) is 0 Å². The number of likely N-dealkylation sites (tertiary alicyclic amines) is 1. The molecule has 0 spiro atoms. The summed E-state index contributed by atoms with van der Waals surface area (Å²) in [6.45, 7) is 1.68. The average molecular weight is 249 g/mol. The summed E-state index contributed by atoms with van der Waals surface area (Å²) in [5.74, 6) is -0.156. The summed E-state index contributed by atoms with van der Waals surface area (Å²) in [4.78, 5) is 13.6. The summed E-state index contributed by atoms with van der Waals surface area (Å²) in [6, 6.07) is 6.78. The number of ether oxygens (including phenoxy) is 1. The Morgan fingerprint density at radius 3 is 2.56 bits per heavy atom. The molecular weight excluding hydrogens is 230 g/mol. The molecule has 0 aromatic heterocycles. The van der Waals surface area contributed by atoms with E-state index in [9.17, 15) is 9.90 Å². The van der Waals surface area contributed by atoms with Crippen LogP contribution in [0.5, 0.6) is 5.75 Å². The number of piperidine rings is 1. The number of carboxylic acids is 1. The Morgan fingerprint density at radius 2 is 1.94 bits per heavy atom. The number of carbonyl (C=O) groups is 1. The van der Waals surface area contributed by atoms with Gasteiger partial charge in [-0.25, -0.2) is 0 Å². The number of nitrogens with zero attached hydrogens (tertiary/aromatic N) is 1.